The lowest BCUT2D eigenvalue weighted by molar-refractivity contribution is 0.344. The van der Waals surface area contributed by atoms with Crippen LogP contribution in [0.4, 0.5) is 0 Å². The largest absolute Gasteiger partial charge is 0.327 e. The summed E-state index contributed by atoms with van der Waals surface area (Å²) in [4.78, 5) is 2.96. The molecule has 1 saturated carbocycles. The van der Waals surface area contributed by atoms with Gasteiger partial charge < -0.3 is 5.73 Å². The summed E-state index contributed by atoms with van der Waals surface area (Å²) in [5.41, 5.74) is 6.36. The molecule has 1 fully saturated rings. The zero-order valence-electron chi connectivity index (χ0n) is 10.4. The van der Waals surface area contributed by atoms with Crippen LogP contribution in [0.1, 0.15) is 42.9 Å². The molecule has 3 unspecified atom stereocenters. The minimum absolute atomic E-state index is 0.376. The van der Waals surface area contributed by atoms with Crippen molar-refractivity contribution in [1.29, 1.82) is 0 Å². The van der Waals surface area contributed by atoms with Gasteiger partial charge in [0.1, 0.15) is 0 Å². The molecule has 2 heteroatoms. The summed E-state index contributed by atoms with van der Waals surface area (Å²) in [6.07, 6.45) is 6.33. The van der Waals surface area contributed by atoms with Crippen molar-refractivity contribution in [2.75, 3.05) is 0 Å². The summed E-state index contributed by atoms with van der Waals surface area (Å²) in [5.74, 6) is 1.59. The Kier molecular flexibility index (Phi) is 4.04. The van der Waals surface area contributed by atoms with Crippen LogP contribution in [0.3, 0.4) is 0 Å². The Morgan fingerprint density at radius 1 is 1.38 bits per heavy atom. The molecule has 0 aliphatic heterocycles. The molecule has 1 heterocycles. The number of aryl methyl sites for hydroxylation is 1. The van der Waals surface area contributed by atoms with Gasteiger partial charge in [-0.05, 0) is 43.2 Å². The normalized spacial score (nSPS) is 27.2. The lowest BCUT2D eigenvalue weighted by Gasteiger charge is -2.22. The van der Waals surface area contributed by atoms with Gasteiger partial charge in [-0.1, -0.05) is 26.7 Å². The average molecular weight is 237 g/mol. The Bertz CT molecular complexity index is 331. The second kappa shape index (κ2) is 5.33. The van der Waals surface area contributed by atoms with Gasteiger partial charge in [-0.2, -0.15) is 0 Å². The molecule has 3 atom stereocenters. The Balaban J connectivity index is 1.93. The molecule has 90 valence electrons. The van der Waals surface area contributed by atoms with Crippen molar-refractivity contribution >= 4 is 11.3 Å². The zero-order chi connectivity index (χ0) is 11.5. The van der Waals surface area contributed by atoms with E-state index in [1.165, 1.54) is 29.0 Å². The molecule has 0 saturated heterocycles. The van der Waals surface area contributed by atoms with Crippen LogP contribution in [-0.4, -0.2) is 6.04 Å². The van der Waals surface area contributed by atoms with E-state index in [1.54, 1.807) is 0 Å². The first-order valence-electron chi connectivity index (χ1n) is 6.54. The maximum Gasteiger partial charge on any atom is 0.0118 e. The van der Waals surface area contributed by atoms with Gasteiger partial charge in [-0.25, -0.2) is 0 Å². The fraction of sp³-hybridized carbons (Fsp3) is 0.714. The molecule has 1 aromatic rings. The molecular weight excluding hydrogens is 214 g/mol. The van der Waals surface area contributed by atoms with Crippen molar-refractivity contribution in [1.82, 2.24) is 0 Å². The van der Waals surface area contributed by atoms with E-state index in [4.69, 9.17) is 5.73 Å². The molecule has 0 radical (unpaired) electrons. The number of nitrogens with two attached hydrogens (primary N) is 1. The minimum atomic E-state index is 0.376. The standard InChI is InChI=1S/C14H23NS/c1-3-11-7-8-12(16-11)9-14(15)13-6-4-5-10(13)2/h7-8,10,13-14H,3-6,9,15H2,1-2H3. The minimum Gasteiger partial charge on any atom is -0.327 e. The third kappa shape index (κ3) is 2.67. The molecule has 1 aliphatic rings. The highest BCUT2D eigenvalue weighted by Gasteiger charge is 2.28. The summed E-state index contributed by atoms with van der Waals surface area (Å²) in [5, 5.41) is 0. The summed E-state index contributed by atoms with van der Waals surface area (Å²) >= 11 is 1.94. The number of thiophene rings is 1. The fourth-order valence-electron chi connectivity index (χ4n) is 2.92. The predicted molar refractivity (Wildman–Crippen MR) is 71.9 cm³/mol. The topological polar surface area (TPSA) is 26.0 Å². The van der Waals surface area contributed by atoms with Gasteiger partial charge in [0.25, 0.3) is 0 Å². The Morgan fingerprint density at radius 2 is 2.12 bits per heavy atom. The summed E-state index contributed by atoms with van der Waals surface area (Å²) in [6.45, 7) is 4.58. The van der Waals surface area contributed by atoms with Crippen molar-refractivity contribution in [3.63, 3.8) is 0 Å². The highest BCUT2D eigenvalue weighted by molar-refractivity contribution is 7.11. The molecule has 0 bridgehead atoms. The van der Waals surface area contributed by atoms with Crippen LogP contribution < -0.4 is 5.73 Å². The third-order valence-corrected chi connectivity index (χ3v) is 5.23. The van der Waals surface area contributed by atoms with Crippen LogP contribution >= 0.6 is 11.3 Å². The monoisotopic (exact) mass is 237 g/mol. The third-order valence-electron chi connectivity index (χ3n) is 3.98. The van der Waals surface area contributed by atoms with Gasteiger partial charge in [-0.3, -0.25) is 0 Å². The van der Waals surface area contributed by atoms with Crippen LogP contribution in [0.2, 0.25) is 0 Å². The van der Waals surface area contributed by atoms with E-state index in [2.05, 4.69) is 26.0 Å². The highest BCUT2D eigenvalue weighted by Crippen LogP contribution is 2.34. The Hall–Kier alpha value is -0.340. The van der Waals surface area contributed by atoms with Gasteiger partial charge in [0.2, 0.25) is 0 Å². The first kappa shape index (κ1) is 12.1. The van der Waals surface area contributed by atoms with Crippen molar-refractivity contribution in [2.45, 2.75) is 52.0 Å². The first-order valence-corrected chi connectivity index (χ1v) is 7.35. The molecule has 2 N–H and O–H groups in total. The molecule has 0 spiro atoms. The SMILES string of the molecule is CCc1ccc(CC(N)C2CCCC2C)s1. The maximum absolute atomic E-state index is 6.36. The average Bonchev–Trinajstić information content (AvgIpc) is 2.86. The quantitative estimate of drug-likeness (QED) is 0.850. The highest BCUT2D eigenvalue weighted by atomic mass is 32.1. The van der Waals surface area contributed by atoms with E-state index in [0.717, 1.165) is 24.7 Å². The lowest BCUT2D eigenvalue weighted by Crippen LogP contribution is -2.33. The molecule has 0 amide bonds. The van der Waals surface area contributed by atoms with E-state index in [9.17, 15) is 0 Å². The Morgan fingerprint density at radius 3 is 2.69 bits per heavy atom. The molecule has 0 aromatic carbocycles. The van der Waals surface area contributed by atoms with E-state index >= 15 is 0 Å². The number of hydrogen-bond donors (Lipinski definition) is 1. The lowest BCUT2D eigenvalue weighted by atomic mass is 9.89. The summed E-state index contributed by atoms with van der Waals surface area (Å²) < 4.78 is 0. The van der Waals surface area contributed by atoms with Crippen LogP contribution in [-0.2, 0) is 12.8 Å². The Labute approximate surface area is 103 Å². The van der Waals surface area contributed by atoms with E-state index in [-0.39, 0.29) is 0 Å². The van der Waals surface area contributed by atoms with E-state index in [0.29, 0.717) is 6.04 Å². The van der Waals surface area contributed by atoms with Crippen molar-refractivity contribution in [2.24, 2.45) is 17.6 Å². The molecule has 2 rings (SSSR count). The van der Waals surface area contributed by atoms with Gasteiger partial charge in [0.05, 0.1) is 0 Å². The van der Waals surface area contributed by atoms with E-state index < -0.39 is 0 Å². The molecule has 1 aliphatic carbocycles. The van der Waals surface area contributed by atoms with Crippen molar-refractivity contribution < 1.29 is 0 Å². The molecule has 1 nitrogen and oxygen atoms in total. The summed E-state index contributed by atoms with van der Waals surface area (Å²) in [6, 6.07) is 4.90. The summed E-state index contributed by atoms with van der Waals surface area (Å²) in [7, 11) is 0. The van der Waals surface area contributed by atoms with Crippen LogP contribution in [0.25, 0.3) is 0 Å². The number of rotatable bonds is 4. The number of hydrogen-bond acceptors (Lipinski definition) is 2. The first-order chi connectivity index (χ1) is 7.70. The second-order valence-corrected chi connectivity index (χ2v) is 6.41. The van der Waals surface area contributed by atoms with Crippen molar-refractivity contribution in [3.8, 4) is 0 Å². The molecular formula is C14H23NS. The van der Waals surface area contributed by atoms with Gasteiger partial charge in [0, 0.05) is 15.8 Å². The van der Waals surface area contributed by atoms with Gasteiger partial charge in [-0.15, -0.1) is 11.3 Å². The van der Waals surface area contributed by atoms with Crippen molar-refractivity contribution in [3.05, 3.63) is 21.9 Å². The van der Waals surface area contributed by atoms with E-state index in [1.807, 2.05) is 11.3 Å². The predicted octanol–water partition coefficient (Wildman–Crippen LogP) is 3.62. The smallest absolute Gasteiger partial charge is 0.0118 e. The maximum atomic E-state index is 6.36. The molecule has 1 aromatic heterocycles. The second-order valence-electron chi connectivity index (χ2n) is 5.16. The van der Waals surface area contributed by atoms with Gasteiger partial charge >= 0.3 is 0 Å². The van der Waals surface area contributed by atoms with Crippen LogP contribution in [0, 0.1) is 11.8 Å². The van der Waals surface area contributed by atoms with Gasteiger partial charge in [0.15, 0.2) is 0 Å². The molecule has 16 heavy (non-hydrogen) atoms. The zero-order valence-corrected chi connectivity index (χ0v) is 11.2. The van der Waals surface area contributed by atoms with Crippen LogP contribution in [0.15, 0.2) is 12.1 Å². The fourth-order valence-corrected chi connectivity index (χ4v) is 3.94. The van der Waals surface area contributed by atoms with Crippen LogP contribution in [0.5, 0.6) is 0 Å².